The number of hydrogen-bond acceptors (Lipinski definition) is 4. The number of hydrogen-bond donors (Lipinski definition) is 2. The molecule has 0 unspecified atom stereocenters. The van der Waals surface area contributed by atoms with E-state index in [-0.39, 0.29) is 12.3 Å². The first kappa shape index (κ1) is 11.1. The van der Waals surface area contributed by atoms with E-state index in [1.165, 1.54) is 0 Å². The van der Waals surface area contributed by atoms with Gasteiger partial charge in [-0.1, -0.05) is 0 Å². The van der Waals surface area contributed by atoms with Crippen molar-refractivity contribution in [2.24, 2.45) is 0 Å². The van der Waals surface area contributed by atoms with Crippen molar-refractivity contribution in [2.75, 3.05) is 17.7 Å². The van der Waals surface area contributed by atoms with Crippen LogP contribution in [0.5, 0.6) is 0 Å². The maximum Gasteiger partial charge on any atom is 0.396 e. The fraction of sp³-hybridized carbons (Fsp3) is 0.182. The summed E-state index contributed by atoms with van der Waals surface area (Å²) >= 11 is 0. The molecule has 1 aromatic carbocycles. The quantitative estimate of drug-likeness (QED) is 0.540. The number of benzene rings is 1. The van der Waals surface area contributed by atoms with Gasteiger partial charge >= 0.3 is 11.9 Å². The van der Waals surface area contributed by atoms with Crippen LogP contribution in [0.4, 0.5) is 11.4 Å². The number of esters is 1. The summed E-state index contributed by atoms with van der Waals surface area (Å²) in [6, 6.07) is 4.92. The Bertz CT molecular complexity index is 510. The highest BCUT2D eigenvalue weighted by Gasteiger charge is 2.19. The molecule has 0 fully saturated rings. The Balaban J connectivity index is 2.14. The maximum absolute atomic E-state index is 11.2. The Morgan fingerprint density at radius 3 is 2.88 bits per heavy atom. The molecule has 0 aliphatic carbocycles. The van der Waals surface area contributed by atoms with Crippen LogP contribution >= 0.6 is 0 Å². The van der Waals surface area contributed by atoms with Gasteiger partial charge in [0, 0.05) is 11.4 Å². The second-order valence-corrected chi connectivity index (χ2v) is 3.54. The molecule has 0 bridgehead atoms. The summed E-state index contributed by atoms with van der Waals surface area (Å²) in [4.78, 5) is 33.3. The largest absolute Gasteiger partial charge is 0.462 e. The van der Waals surface area contributed by atoms with Crippen molar-refractivity contribution in [3.8, 4) is 0 Å². The summed E-state index contributed by atoms with van der Waals surface area (Å²) in [5.74, 6) is -1.89. The highest BCUT2D eigenvalue weighted by molar-refractivity contribution is 6.37. The minimum Gasteiger partial charge on any atom is -0.462 e. The molecule has 6 heteroatoms. The number of anilines is 2. The van der Waals surface area contributed by atoms with E-state index in [4.69, 9.17) is 0 Å². The SMILES string of the molecule is COC(=O)C(=O)Nc1ccc2c(c1)CC(=O)N2. The van der Waals surface area contributed by atoms with Crippen LogP contribution in [0.1, 0.15) is 5.56 Å². The third-order valence-electron chi connectivity index (χ3n) is 2.36. The van der Waals surface area contributed by atoms with Crippen LogP contribution in [0.3, 0.4) is 0 Å². The minimum atomic E-state index is -0.959. The van der Waals surface area contributed by atoms with E-state index >= 15 is 0 Å². The van der Waals surface area contributed by atoms with Crippen LogP contribution < -0.4 is 10.6 Å². The third kappa shape index (κ3) is 2.25. The van der Waals surface area contributed by atoms with Crippen LogP contribution in [-0.4, -0.2) is 24.9 Å². The summed E-state index contributed by atoms with van der Waals surface area (Å²) in [6.45, 7) is 0. The van der Waals surface area contributed by atoms with Gasteiger partial charge in [-0.05, 0) is 23.8 Å². The lowest BCUT2D eigenvalue weighted by atomic mass is 10.1. The highest BCUT2D eigenvalue weighted by atomic mass is 16.5. The maximum atomic E-state index is 11.2. The number of carbonyl (C=O) groups excluding carboxylic acids is 3. The van der Waals surface area contributed by atoms with Gasteiger partial charge in [0.15, 0.2) is 0 Å². The monoisotopic (exact) mass is 234 g/mol. The topological polar surface area (TPSA) is 84.5 Å². The van der Waals surface area contributed by atoms with Crippen LogP contribution in [-0.2, 0) is 25.5 Å². The molecule has 1 aliphatic heterocycles. The molecule has 17 heavy (non-hydrogen) atoms. The van der Waals surface area contributed by atoms with Gasteiger partial charge < -0.3 is 15.4 Å². The number of fused-ring (bicyclic) bond motifs is 1. The second kappa shape index (κ2) is 4.25. The van der Waals surface area contributed by atoms with Crippen LogP contribution in [0.2, 0.25) is 0 Å². The molecule has 0 spiro atoms. The molecule has 0 aromatic heterocycles. The van der Waals surface area contributed by atoms with E-state index in [9.17, 15) is 14.4 Å². The first-order valence-corrected chi connectivity index (χ1v) is 4.92. The molecule has 0 saturated carbocycles. The average molecular weight is 234 g/mol. The molecule has 1 aromatic rings. The van der Waals surface area contributed by atoms with Crippen molar-refractivity contribution in [1.29, 1.82) is 0 Å². The number of nitrogens with one attached hydrogen (secondary N) is 2. The van der Waals surface area contributed by atoms with Crippen LogP contribution in [0.25, 0.3) is 0 Å². The fourth-order valence-corrected chi connectivity index (χ4v) is 1.58. The number of carbonyl (C=O) groups is 3. The Morgan fingerprint density at radius 2 is 2.18 bits per heavy atom. The van der Waals surface area contributed by atoms with Gasteiger partial charge in [-0.2, -0.15) is 0 Å². The molecule has 0 radical (unpaired) electrons. The van der Waals surface area contributed by atoms with Gasteiger partial charge in [-0.3, -0.25) is 9.59 Å². The molecular formula is C11H10N2O4. The standard InChI is InChI=1S/C11H10N2O4/c1-17-11(16)10(15)12-7-2-3-8-6(4-7)5-9(14)13-8/h2-4H,5H2,1H3,(H,12,15)(H,13,14). The molecule has 0 atom stereocenters. The minimum absolute atomic E-state index is 0.0866. The third-order valence-corrected chi connectivity index (χ3v) is 2.36. The first-order valence-electron chi connectivity index (χ1n) is 4.92. The van der Waals surface area contributed by atoms with E-state index in [1.807, 2.05) is 0 Å². The van der Waals surface area contributed by atoms with Crippen molar-refractivity contribution in [3.05, 3.63) is 23.8 Å². The predicted octanol–water partition coefficient (Wildman–Crippen LogP) is 0.293. The molecule has 2 rings (SSSR count). The van der Waals surface area contributed by atoms with Gasteiger partial charge in [-0.25, -0.2) is 4.79 Å². The highest BCUT2D eigenvalue weighted by Crippen LogP contribution is 2.25. The summed E-state index contributed by atoms with van der Waals surface area (Å²) in [5, 5.41) is 5.05. The predicted molar refractivity (Wildman–Crippen MR) is 59.4 cm³/mol. The Hall–Kier alpha value is -2.37. The van der Waals surface area contributed by atoms with E-state index in [0.717, 1.165) is 18.4 Å². The number of amides is 2. The Labute approximate surface area is 96.9 Å². The number of ether oxygens (including phenoxy) is 1. The van der Waals surface area contributed by atoms with E-state index < -0.39 is 11.9 Å². The van der Waals surface area contributed by atoms with Crippen molar-refractivity contribution in [3.63, 3.8) is 0 Å². The number of methoxy groups -OCH3 is 1. The van der Waals surface area contributed by atoms with Crippen molar-refractivity contribution < 1.29 is 19.1 Å². The van der Waals surface area contributed by atoms with Crippen LogP contribution in [0.15, 0.2) is 18.2 Å². The molecule has 6 nitrogen and oxygen atoms in total. The zero-order chi connectivity index (χ0) is 12.4. The molecule has 2 N–H and O–H groups in total. The molecule has 0 saturated heterocycles. The molecule has 1 aliphatic rings. The zero-order valence-corrected chi connectivity index (χ0v) is 9.07. The lowest BCUT2D eigenvalue weighted by Gasteiger charge is -2.05. The van der Waals surface area contributed by atoms with Gasteiger partial charge in [0.2, 0.25) is 5.91 Å². The van der Waals surface area contributed by atoms with Gasteiger partial charge in [0.25, 0.3) is 0 Å². The lowest BCUT2D eigenvalue weighted by molar-refractivity contribution is -0.150. The van der Waals surface area contributed by atoms with E-state index in [2.05, 4.69) is 15.4 Å². The lowest BCUT2D eigenvalue weighted by Crippen LogP contribution is -2.23. The summed E-state index contributed by atoms with van der Waals surface area (Å²) in [5.41, 5.74) is 1.97. The molecule has 1 heterocycles. The van der Waals surface area contributed by atoms with Crippen molar-refractivity contribution in [1.82, 2.24) is 0 Å². The number of rotatable bonds is 1. The van der Waals surface area contributed by atoms with Gasteiger partial charge in [-0.15, -0.1) is 0 Å². The molecule has 88 valence electrons. The van der Waals surface area contributed by atoms with Crippen molar-refractivity contribution >= 4 is 29.2 Å². The molecular weight excluding hydrogens is 224 g/mol. The van der Waals surface area contributed by atoms with Crippen LogP contribution in [0, 0.1) is 0 Å². The normalized spacial score (nSPS) is 12.6. The smallest absolute Gasteiger partial charge is 0.396 e. The first-order chi connectivity index (χ1) is 8.10. The zero-order valence-electron chi connectivity index (χ0n) is 9.07. The van der Waals surface area contributed by atoms with E-state index in [0.29, 0.717) is 5.69 Å². The Morgan fingerprint density at radius 1 is 1.41 bits per heavy atom. The van der Waals surface area contributed by atoms with Gasteiger partial charge in [0.05, 0.1) is 13.5 Å². The second-order valence-electron chi connectivity index (χ2n) is 3.54. The van der Waals surface area contributed by atoms with Gasteiger partial charge in [0.1, 0.15) is 0 Å². The van der Waals surface area contributed by atoms with Crippen molar-refractivity contribution in [2.45, 2.75) is 6.42 Å². The summed E-state index contributed by atoms with van der Waals surface area (Å²) < 4.78 is 4.28. The van der Waals surface area contributed by atoms with E-state index in [1.54, 1.807) is 18.2 Å². The fourth-order valence-electron chi connectivity index (χ4n) is 1.58. The average Bonchev–Trinajstić information content (AvgIpc) is 2.67. The summed E-state index contributed by atoms with van der Waals surface area (Å²) in [7, 11) is 1.13. The summed E-state index contributed by atoms with van der Waals surface area (Å²) in [6.07, 6.45) is 0.275. The Kier molecular flexibility index (Phi) is 2.78. The molecule has 2 amide bonds.